The van der Waals surface area contributed by atoms with Gasteiger partial charge in [-0.2, -0.15) is 5.26 Å². The average Bonchev–Trinajstić information content (AvgIpc) is 3.00. The molecule has 104 valence electrons. The number of carbonyl (C=O) groups excluding carboxylic acids is 1. The smallest absolute Gasteiger partial charge is 0.268 e. The molecule has 0 atom stereocenters. The second kappa shape index (κ2) is 6.71. The molecule has 1 heterocycles. The van der Waals surface area contributed by atoms with E-state index >= 15 is 0 Å². The minimum absolute atomic E-state index is 0.137. The standard InChI is InChI=1S/C16H12N2O2S/c1-18(13-6-4-12(11-17)5-7-13)16(20)15-9-8-14(21-15)3-2-10-19/h4-9,19H,10H2,1H3. The van der Waals surface area contributed by atoms with Gasteiger partial charge in [0.15, 0.2) is 0 Å². The van der Waals surface area contributed by atoms with Crippen LogP contribution in [0.1, 0.15) is 20.1 Å². The number of rotatable bonds is 2. The summed E-state index contributed by atoms with van der Waals surface area (Å²) in [6.45, 7) is -0.202. The van der Waals surface area contributed by atoms with E-state index in [-0.39, 0.29) is 12.5 Å². The molecule has 0 radical (unpaired) electrons. The molecule has 0 fully saturated rings. The number of thiophene rings is 1. The minimum Gasteiger partial charge on any atom is -0.384 e. The molecule has 0 aliphatic heterocycles. The van der Waals surface area contributed by atoms with Crippen molar-refractivity contribution in [3.63, 3.8) is 0 Å². The van der Waals surface area contributed by atoms with Crippen LogP contribution in [-0.4, -0.2) is 24.7 Å². The maximum atomic E-state index is 12.4. The van der Waals surface area contributed by atoms with Crippen molar-refractivity contribution in [1.29, 1.82) is 5.26 Å². The lowest BCUT2D eigenvalue weighted by Gasteiger charge is -2.16. The van der Waals surface area contributed by atoms with Crippen molar-refractivity contribution in [1.82, 2.24) is 0 Å². The zero-order valence-electron chi connectivity index (χ0n) is 11.3. The van der Waals surface area contributed by atoms with Gasteiger partial charge in [-0.1, -0.05) is 11.8 Å². The number of anilines is 1. The quantitative estimate of drug-likeness (QED) is 0.864. The Morgan fingerprint density at radius 3 is 2.62 bits per heavy atom. The van der Waals surface area contributed by atoms with Gasteiger partial charge in [0.1, 0.15) is 6.61 Å². The summed E-state index contributed by atoms with van der Waals surface area (Å²) in [7, 11) is 1.68. The molecule has 2 aromatic rings. The second-order valence-electron chi connectivity index (χ2n) is 4.15. The maximum absolute atomic E-state index is 12.4. The number of aliphatic hydroxyl groups excluding tert-OH is 1. The van der Waals surface area contributed by atoms with Crippen LogP contribution < -0.4 is 4.90 Å². The Kier molecular flexibility index (Phi) is 4.73. The summed E-state index contributed by atoms with van der Waals surface area (Å²) < 4.78 is 0. The van der Waals surface area contributed by atoms with Gasteiger partial charge in [0.2, 0.25) is 0 Å². The molecule has 0 spiro atoms. The zero-order chi connectivity index (χ0) is 15.2. The molecular formula is C16H12N2O2S. The van der Waals surface area contributed by atoms with E-state index in [1.54, 1.807) is 43.4 Å². The van der Waals surface area contributed by atoms with Crippen molar-refractivity contribution in [2.24, 2.45) is 0 Å². The van der Waals surface area contributed by atoms with Gasteiger partial charge in [0.25, 0.3) is 5.91 Å². The second-order valence-corrected chi connectivity index (χ2v) is 5.23. The van der Waals surface area contributed by atoms with Gasteiger partial charge < -0.3 is 10.0 Å². The molecule has 4 nitrogen and oxygen atoms in total. The lowest BCUT2D eigenvalue weighted by Crippen LogP contribution is -2.25. The molecule has 5 heteroatoms. The van der Waals surface area contributed by atoms with E-state index in [4.69, 9.17) is 10.4 Å². The van der Waals surface area contributed by atoms with E-state index in [1.807, 2.05) is 6.07 Å². The van der Waals surface area contributed by atoms with E-state index in [1.165, 1.54) is 16.2 Å². The average molecular weight is 296 g/mol. The number of hydrogen-bond acceptors (Lipinski definition) is 4. The van der Waals surface area contributed by atoms with Crippen LogP contribution in [0, 0.1) is 23.2 Å². The van der Waals surface area contributed by atoms with Gasteiger partial charge in [-0.05, 0) is 36.4 Å². The van der Waals surface area contributed by atoms with Gasteiger partial charge in [-0.15, -0.1) is 11.3 Å². The van der Waals surface area contributed by atoms with Gasteiger partial charge in [0, 0.05) is 12.7 Å². The van der Waals surface area contributed by atoms with Gasteiger partial charge in [0.05, 0.1) is 21.4 Å². The minimum atomic E-state index is -0.202. The Morgan fingerprint density at radius 2 is 2.00 bits per heavy atom. The summed E-state index contributed by atoms with van der Waals surface area (Å²) in [5.74, 6) is 5.19. The maximum Gasteiger partial charge on any atom is 0.268 e. The number of amides is 1. The first-order valence-electron chi connectivity index (χ1n) is 6.13. The van der Waals surface area contributed by atoms with Crippen LogP contribution in [0.5, 0.6) is 0 Å². The van der Waals surface area contributed by atoms with Crippen LogP contribution in [0.15, 0.2) is 36.4 Å². The van der Waals surface area contributed by atoms with E-state index in [0.717, 1.165) is 10.6 Å². The highest BCUT2D eigenvalue weighted by molar-refractivity contribution is 7.14. The monoisotopic (exact) mass is 296 g/mol. The van der Waals surface area contributed by atoms with Crippen LogP contribution in [0.25, 0.3) is 0 Å². The van der Waals surface area contributed by atoms with Crippen LogP contribution in [0.2, 0.25) is 0 Å². The van der Waals surface area contributed by atoms with Crippen molar-refractivity contribution in [2.75, 3.05) is 18.6 Å². The third kappa shape index (κ3) is 3.49. The molecule has 0 aliphatic carbocycles. The van der Waals surface area contributed by atoms with Crippen molar-refractivity contribution in [2.45, 2.75) is 0 Å². The molecule has 21 heavy (non-hydrogen) atoms. The number of carbonyl (C=O) groups is 1. The van der Waals surface area contributed by atoms with Crippen LogP contribution in [0.4, 0.5) is 5.69 Å². The molecule has 0 unspecified atom stereocenters. The van der Waals surface area contributed by atoms with E-state index in [0.29, 0.717) is 10.4 Å². The largest absolute Gasteiger partial charge is 0.384 e. The molecule has 1 amide bonds. The first-order valence-corrected chi connectivity index (χ1v) is 6.95. The molecule has 1 aromatic heterocycles. The Labute approximate surface area is 126 Å². The van der Waals surface area contributed by atoms with Gasteiger partial charge >= 0.3 is 0 Å². The molecule has 1 N–H and O–H groups in total. The summed E-state index contributed by atoms with van der Waals surface area (Å²) in [5.41, 5.74) is 1.27. The molecule has 0 bridgehead atoms. The predicted molar refractivity (Wildman–Crippen MR) is 82.2 cm³/mol. The summed E-state index contributed by atoms with van der Waals surface area (Å²) >= 11 is 1.28. The highest BCUT2D eigenvalue weighted by atomic mass is 32.1. The highest BCUT2D eigenvalue weighted by Gasteiger charge is 2.15. The third-order valence-corrected chi connectivity index (χ3v) is 3.78. The fourth-order valence-electron chi connectivity index (χ4n) is 1.69. The van der Waals surface area contributed by atoms with E-state index < -0.39 is 0 Å². The van der Waals surface area contributed by atoms with Crippen molar-refractivity contribution in [3.05, 3.63) is 51.7 Å². The topological polar surface area (TPSA) is 64.3 Å². The molecule has 2 rings (SSSR count). The Morgan fingerprint density at radius 1 is 1.29 bits per heavy atom. The number of nitriles is 1. The molecule has 0 aliphatic rings. The van der Waals surface area contributed by atoms with Crippen LogP contribution in [0.3, 0.4) is 0 Å². The predicted octanol–water partition coefficient (Wildman–Crippen LogP) is 2.24. The Hall–Kier alpha value is -2.60. The molecule has 1 aromatic carbocycles. The third-order valence-electron chi connectivity index (χ3n) is 2.80. The number of nitrogens with zero attached hydrogens (tertiary/aromatic N) is 2. The van der Waals surface area contributed by atoms with Crippen LogP contribution in [-0.2, 0) is 0 Å². The first kappa shape index (κ1) is 14.8. The molecular weight excluding hydrogens is 284 g/mol. The van der Waals surface area contributed by atoms with Crippen molar-refractivity contribution >= 4 is 22.9 Å². The van der Waals surface area contributed by atoms with E-state index in [9.17, 15) is 4.79 Å². The summed E-state index contributed by atoms with van der Waals surface area (Å²) in [5, 5.41) is 17.4. The highest BCUT2D eigenvalue weighted by Crippen LogP contribution is 2.21. The number of benzene rings is 1. The summed E-state index contributed by atoms with van der Waals surface area (Å²) in [6.07, 6.45) is 0. The summed E-state index contributed by atoms with van der Waals surface area (Å²) in [6, 6.07) is 12.3. The molecule has 0 saturated heterocycles. The van der Waals surface area contributed by atoms with Gasteiger partial charge in [-0.3, -0.25) is 4.79 Å². The summed E-state index contributed by atoms with van der Waals surface area (Å²) in [4.78, 5) is 15.2. The van der Waals surface area contributed by atoms with Crippen molar-refractivity contribution < 1.29 is 9.90 Å². The van der Waals surface area contributed by atoms with Crippen LogP contribution >= 0.6 is 11.3 Å². The number of aliphatic hydroxyl groups is 1. The number of hydrogen-bond donors (Lipinski definition) is 1. The Balaban J connectivity index is 2.18. The Bertz CT molecular complexity index is 745. The lowest BCUT2D eigenvalue weighted by molar-refractivity contribution is 0.0997. The molecule has 0 saturated carbocycles. The SMILES string of the molecule is CN(C(=O)c1ccc(C#CCO)s1)c1ccc(C#N)cc1. The first-order chi connectivity index (χ1) is 10.2. The zero-order valence-corrected chi connectivity index (χ0v) is 12.1. The lowest BCUT2D eigenvalue weighted by atomic mass is 10.2. The fourth-order valence-corrected chi connectivity index (χ4v) is 2.55. The van der Waals surface area contributed by atoms with Crippen molar-refractivity contribution in [3.8, 4) is 17.9 Å². The fraction of sp³-hybridized carbons (Fsp3) is 0.125. The van der Waals surface area contributed by atoms with Gasteiger partial charge in [-0.25, -0.2) is 0 Å². The van der Waals surface area contributed by atoms with E-state index in [2.05, 4.69) is 11.8 Å². The normalized spacial score (nSPS) is 9.38.